The summed E-state index contributed by atoms with van der Waals surface area (Å²) in [6.07, 6.45) is 0.440. The summed E-state index contributed by atoms with van der Waals surface area (Å²) in [5.74, 6) is 0.0297. The van der Waals surface area contributed by atoms with E-state index in [2.05, 4.69) is 10.4 Å². The van der Waals surface area contributed by atoms with Crippen LogP contribution in [0.2, 0.25) is 0 Å². The number of aryl methyl sites for hydroxylation is 3. The fourth-order valence-electron chi connectivity index (χ4n) is 1.75. The van der Waals surface area contributed by atoms with E-state index in [1.807, 2.05) is 31.5 Å². The number of nitrogens with zero attached hydrogens (tertiary/aromatic N) is 2. The third-order valence-corrected chi connectivity index (χ3v) is 2.48. The number of methoxy groups -OCH3 is 1. The number of hydrogen-bond acceptors (Lipinski definition) is 3. The van der Waals surface area contributed by atoms with Crippen LogP contribution >= 0.6 is 0 Å². The first-order valence-electron chi connectivity index (χ1n) is 5.82. The Morgan fingerprint density at radius 1 is 1.59 bits per heavy atom. The molecule has 0 unspecified atom stereocenters. The average molecular weight is 239 g/mol. The molecule has 96 valence electrons. The van der Waals surface area contributed by atoms with E-state index in [-0.39, 0.29) is 11.9 Å². The van der Waals surface area contributed by atoms with Crippen LogP contribution in [0.1, 0.15) is 24.7 Å². The maximum absolute atomic E-state index is 11.6. The Hall–Kier alpha value is -1.36. The fraction of sp³-hybridized carbons (Fsp3) is 0.667. The van der Waals surface area contributed by atoms with Crippen molar-refractivity contribution in [2.75, 3.05) is 13.7 Å². The van der Waals surface area contributed by atoms with Crippen LogP contribution in [0, 0.1) is 13.8 Å². The van der Waals surface area contributed by atoms with Gasteiger partial charge in [0.2, 0.25) is 5.91 Å². The third-order valence-electron chi connectivity index (χ3n) is 2.48. The van der Waals surface area contributed by atoms with Crippen molar-refractivity contribution >= 4 is 5.91 Å². The largest absolute Gasteiger partial charge is 0.383 e. The first kappa shape index (κ1) is 13.7. The number of nitrogens with one attached hydrogen (secondary N) is 1. The van der Waals surface area contributed by atoms with Crippen molar-refractivity contribution in [1.82, 2.24) is 15.1 Å². The Kier molecular flexibility index (Phi) is 5.15. The summed E-state index contributed by atoms with van der Waals surface area (Å²) in [7, 11) is 1.62. The van der Waals surface area contributed by atoms with Gasteiger partial charge in [0.1, 0.15) is 0 Å². The van der Waals surface area contributed by atoms with Crippen molar-refractivity contribution in [2.45, 2.75) is 39.8 Å². The maximum atomic E-state index is 11.6. The van der Waals surface area contributed by atoms with Gasteiger partial charge in [0, 0.05) is 31.8 Å². The highest BCUT2D eigenvalue weighted by molar-refractivity contribution is 5.76. The molecular weight excluding hydrogens is 218 g/mol. The number of amides is 1. The van der Waals surface area contributed by atoms with Crippen LogP contribution in [0.25, 0.3) is 0 Å². The van der Waals surface area contributed by atoms with Gasteiger partial charge in [0.05, 0.1) is 12.3 Å². The lowest BCUT2D eigenvalue weighted by atomic mass is 10.3. The van der Waals surface area contributed by atoms with Crippen molar-refractivity contribution in [1.29, 1.82) is 0 Å². The molecule has 1 amide bonds. The van der Waals surface area contributed by atoms with Gasteiger partial charge in [-0.2, -0.15) is 5.10 Å². The molecule has 1 heterocycles. The number of carbonyl (C=O) groups excluding carboxylic acids is 1. The fourth-order valence-corrected chi connectivity index (χ4v) is 1.75. The minimum absolute atomic E-state index is 0.0297. The van der Waals surface area contributed by atoms with Crippen molar-refractivity contribution < 1.29 is 9.53 Å². The topological polar surface area (TPSA) is 56.1 Å². The first-order chi connectivity index (χ1) is 8.02. The lowest BCUT2D eigenvalue weighted by Crippen LogP contribution is -2.36. The van der Waals surface area contributed by atoms with E-state index in [1.165, 1.54) is 0 Å². The Morgan fingerprint density at radius 3 is 2.82 bits per heavy atom. The zero-order valence-corrected chi connectivity index (χ0v) is 11.0. The minimum atomic E-state index is 0.0297. The predicted octanol–water partition coefficient (Wildman–Crippen LogP) is 1.04. The van der Waals surface area contributed by atoms with Crippen LogP contribution in [0.5, 0.6) is 0 Å². The van der Waals surface area contributed by atoms with Crippen LogP contribution < -0.4 is 5.32 Å². The van der Waals surface area contributed by atoms with E-state index < -0.39 is 0 Å². The molecule has 0 fully saturated rings. The van der Waals surface area contributed by atoms with Gasteiger partial charge in [0.25, 0.3) is 0 Å². The normalized spacial score (nSPS) is 12.5. The molecule has 17 heavy (non-hydrogen) atoms. The highest BCUT2D eigenvalue weighted by Gasteiger charge is 2.08. The second kappa shape index (κ2) is 6.39. The minimum Gasteiger partial charge on any atom is -0.383 e. The molecule has 5 nitrogen and oxygen atoms in total. The van der Waals surface area contributed by atoms with Gasteiger partial charge in [0.15, 0.2) is 0 Å². The number of rotatable bonds is 6. The van der Waals surface area contributed by atoms with Crippen molar-refractivity contribution in [3.8, 4) is 0 Å². The summed E-state index contributed by atoms with van der Waals surface area (Å²) in [5, 5.41) is 7.18. The standard InChI is InChI=1S/C12H21N3O2/c1-9-7-11(3)15(14-9)6-5-12(16)13-10(2)8-17-4/h7,10H,5-6,8H2,1-4H3,(H,13,16)/t10-/m1/s1. The molecule has 1 rings (SSSR count). The molecule has 1 aromatic rings. The van der Waals surface area contributed by atoms with Gasteiger partial charge in [-0.15, -0.1) is 0 Å². The second-order valence-corrected chi connectivity index (χ2v) is 4.32. The summed E-state index contributed by atoms with van der Waals surface area (Å²) in [6.45, 7) is 7.01. The van der Waals surface area contributed by atoms with E-state index in [4.69, 9.17) is 4.74 Å². The van der Waals surface area contributed by atoms with E-state index in [9.17, 15) is 4.79 Å². The molecule has 1 N–H and O–H groups in total. The number of carbonyl (C=O) groups is 1. The number of aromatic nitrogens is 2. The van der Waals surface area contributed by atoms with E-state index in [0.717, 1.165) is 11.4 Å². The Morgan fingerprint density at radius 2 is 2.29 bits per heavy atom. The molecule has 0 aromatic carbocycles. The summed E-state index contributed by atoms with van der Waals surface area (Å²) in [6, 6.07) is 2.05. The van der Waals surface area contributed by atoms with Gasteiger partial charge in [-0.3, -0.25) is 9.48 Å². The average Bonchev–Trinajstić information content (AvgIpc) is 2.54. The van der Waals surface area contributed by atoms with Gasteiger partial charge < -0.3 is 10.1 Å². The monoisotopic (exact) mass is 239 g/mol. The van der Waals surface area contributed by atoms with Crippen LogP contribution in [0.4, 0.5) is 0 Å². The Balaban J connectivity index is 2.35. The van der Waals surface area contributed by atoms with Crippen LogP contribution in [-0.2, 0) is 16.1 Å². The van der Waals surface area contributed by atoms with E-state index in [0.29, 0.717) is 19.6 Å². The smallest absolute Gasteiger partial charge is 0.222 e. The molecule has 0 aliphatic rings. The Bertz CT molecular complexity index is 374. The molecule has 0 aliphatic carbocycles. The van der Waals surface area contributed by atoms with Gasteiger partial charge in [-0.05, 0) is 26.8 Å². The second-order valence-electron chi connectivity index (χ2n) is 4.32. The number of ether oxygens (including phenoxy) is 1. The molecule has 0 spiro atoms. The molecule has 0 saturated carbocycles. The highest BCUT2D eigenvalue weighted by atomic mass is 16.5. The zero-order chi connectivity index (χ0) is 12.8. The molecular formula is C12H21N3O2. The molecule has 1 aromatic heterocycles. The quantitative estimate of drug-likeness (QED) is 0.807. The van der Waals surface area contributed by atoms with Crippen LogP contribution in [-0.4, -0.2) is 35.4 Å². The van der Waals surface area contributed by atoms with E-state index in [1.54, 1.807) is 7.11 Å². The first-order valence-corrected chi connectivity index (χ1v) is 5.82. The third kappa shape index (κ3) is 4.56. The molecule has 0 aliphatic heterocycles. The molecule has 0 bridgehead atoms. The van der Waals surface area contributed by atoms with Crippen LogP contribution in [0.15, 0.2) is 6.07 Å². The summed E-state index contributed by atoms with van der Waals surface area (Å²) < 4.78 is 6.81. The lowest BCUT2D eigenvalue weighted by molar-refractivity contribution is -0.122. The molecule has 0 saturated heterocycles. The molecule has 1 atom stereocenters. The zero-order valence-electron chi connectivity index (χ0n) is 11.0. The summed E-state index contributed by atoms with van der Waals surface area (Å²) >= 11 is 0. The SMILES string of the molecule is COC[C@@H](C)NC(=O)CCn1nc(C)cc1C. The van der Waals surface area contributed by atoms with Gasteiger partial charge in [-0.25, -0.2) is 0 Å². The molecule has 0 radical (unpaired) electrons. The lowest BCUT2D eigenvalue weighted by Gasteiger charge is -2.12. The van der Waals surface area contributed by atoms with E-state index >= 15 is 0 Å². The maximum Gasteiger partial charge on any atom is 0.222 e. The van der Waals surface area contributed by atoms with Gasteiger partial charge in [-0.1, -0.05) is 0 Å². The van der Waals surface area contributed by atoms with Crippen molar-refractivity contribution in [3.63, 3.8) is 0 Å². The predicted molar refractivity (Wildman–Crippen MR) is 65.8 cm³/mol. The van der Waals surface area contributed by atoms with Crippen molar-refractivity contribution in [3.05, 3.63) is 17.5 Å². The summed E-state index contributed by atoms with van der Waals surface area (Å²) in [5.41, 5.74) is 2.07. The molecule has 5 heteroatoms. The van der Waals surface area contributed by atoms with Gasteiger partial charge >= 0.3 is 0 Å². The Labute approximate surface area is 102 Å². The highest BCUT2D eigenvalue weighted by Crippen LogP contribution is 2.02. The van der Waals surface area contributed by atoms with Crippen molar-refractivity contribution in [2.24, 2.45) is 0 Å². The number of hydrogen-bond donors (Lipinski definition) is 1. The summed E-state index contributed by atoms with van der Waals surface area (Å²) in [4.78, 5) is 11.6. The van der Waals surface area contributed by atoms with Crippen LogP contribution in [0.3, 0.4) is 0 Å².